The van der Waals surface area contributed by atoms with Crippen LogP contribution in [0.5, 0.6) is 0 Å². The molecule has 0 unspecified atom stereocenters. The molecule has 1 amide bonds. The summed E-state index contributed by atoms with van der Waals surface area (Å²) in [5.41, 5.74) is 1.15. The fourth-order valence-corrected chi connectivity index (χ4v) is 4.16. The van der Waals surface area contributed by atoms with Crippen LogP contribution in [-0.2, 0) is 24.3 Å². The van der Waals surface area contributed by atoms with Gasteiger partial charge in [-0.25, -0.2) is 4.39 Å². The largest absolute Gasteiger partial charge is 0.341 e. The third kappa shape index (κ3) is 4.03. The molecular formula is C20H26FN5O. The fraction of sp³-hybridized carbons (Fsp3) is 0.550. The zero-order valence-electron chi connectivity index (χ0n) is 15.8. The van der Waals surface area contributed by atoms with Crippen LogP contribution in [0.1, 0.15) is 42.9 Å². The highest BCUT2D eigenvalue weighted by atomic mass is 19.1. The summed E-state index contributed by atoms with van der Waals surface area (Å²) in [6.07, 6.45) is 2.88. The number of hydrogen-bond acceptors (Lipinski definition) is 4. The van der Waals surface area contributed by atoms with Gasteiger partial charge in [-0.1, -0.05) is 12.1 Å². The third-order valence-electron chi connectivity index (χ3n) is 5.77. The molecule has 7 heteroatoms. The van der Waals surface area contributed by atoms with Crippen molar-refractivity contribution in [2.45, 2.75) is 45.2 Å². The van der Waals surface area contributed by atoms with Gasteiger partial charge in [-0.05, 0) is 43.6 Å². The summed E-state index contributed by atoms with van der Waals surface area (Å²) in [7, 11) is 0. The van der Waals surface area contributed by atoms with Crippen LogP contribution in [-0.4, -0.2) is 56.7 Å². The second kappa shape index (κ2) is 7.76. The smallest absolute Gasteiger partial charge is 0.219 e. The van der Waals surface area contributed by atoms with E-state index in [0.717, 1.165) is 75.7 Å². The lowest BCUT2D eigenvalue weighted by molar-refractivity contribution is -0.128. The minimum atomic E-state index is -0.187. The van der Waals surface area contributed by atoms with Crippen LogP contribution in [0.4, 0.5) is 4.39 Å². The van der Waals surface area contributed by atoms with Gasteiger partial charge < -0.3 is 9.47 Å². The second-order valence-electron chi connectivity index (χ2n) is 7.56. The molecule has 2 aliphatic rings. The number of amides is 1. The van der Waals surface area contributed by atoms with Gasteiger partial charge in [-0.3, -0.25) is 9.69 Å². The molecule has 0 aliphatic carbocycles. The molecule has 0 N–H and O–H groups in total. The van der Waals surface area contributed by atoms with Crippen molar-refractivity contribution in [3.8, 4) is 0 Å². The molecule has 27 heavy (non-hydrogen) atoms. The maximum absolute atomic E-state index is 13.1. The second-order valence-corrected chi connectivity index (χ2v) is 7.56. The van der Waals surface area contributed by atoms with E-state index in [4.69, 9.17) is 0 Å². The highest BCUT2D eigenvalue weighted by Crippen LogP contribution is 2.28. The Balaban J connectivity index is 1.37. The SMILES string of the molecule is CC(=O)N1CCc2nnc(C3CCN(Cc4ccc(F)cc4)CC3)n2CC1. The van der Waals surface area contributed by atoms with Crippen molar-refractivity contribution >= 4 is 5.91 Å². The van der Waals surface area contributed by atoms with Crippen molar-refractivity contribution in [3.05, 3.63) is 47.3 Å². The number of benzene rings is 1. The van der Waals surface area contributed by atoms with Gasteiger partial charge in [0.05, 0.1) is 0 Å². The van der Waals surface area contributed by atoms with Crippen molar-refractivity contribution < 1.29 is 9.18 Å². The van der Waals surface area contributed by atoms with Crippen LogP contribution in [0.25, 0.3) is 0 Å². The summed E-state index contributed by atoms with van der Waals surface area (Å²) in [6, 6.07) is 6.77. The third-order valence-corrected chi connectivity index (χ3v) is 5.77. The van der Waals surface area contributed by atoms with Crippen molar-refractivity contribution in [1.82, 2.24) is 24.6 Å². The molecule has 2 aliphatic heterocycles. The maximum atomic E-state index is 13.1. The Morgan fingerprint density at radius 3 is 2.52 bits per heavy atom. The molecule has 0 bridgehead atoms. The summed E-state index contributed by atoms with van der Waals surface area (Å²) < 4.78 is 15.3. The molecule has 3 heterocycles. The van der Waals surface area contributed by atoms with Gasteiger partial charge in [-0.15, -0.1) is 10.2 Å². The first-order valence-corrected chi connectivity index (χ1v) is 9.74. The van der Waals surface area contributed by atoms with Gasteiger partial charge in [0.15, 0.2) is 0 Å². The topological polar surface area (TPSA) is 54.3 Å². The molecular weight excluding hydrogens is 345 g/mol. The number of carbonyl (C=O) groups is 1. The highest BCUT2D eigenvalue weighted by Gasteiger charge is 2.27. The first-order valence-electron chi connectivity index (χ1n) is 9.74. The molecule has 0 spiro atoms. The Labute approximate surface area is 159 Å². The van der Waals surface area contributed by atoms with Crippen molar-refractivity contribution in [3.63, 3.8) is 0 Å². The van der Waals surface area contributed by atoms with Crippen molar-refractivity contribution in [1.29, 1.82) is 0 Å². The van der Waals surface area contributed by atoms with E-state index in [2.05, 4.69) is 19.7 Å². The van der Waals surface area contributed by atoms with Crippen LogP contribution < -0.4 is 0 Å². The lowest BCUT2D eigenvalue weighted by Gasteiger charge is -2.31. The molecule has 2 aromatic rings. The Bertz CT molecular complexity index is 795. The Morgan fingerprint density at radius 1 is 1.07 bits per heavy atom. The van der Waals surface area contributed by atoms with Crippen LogP contribution in [0.15, 0.2) is 24.3 Å². The molecule has 0 radical (unpaired) electrons. The van der Waals surface area contributed by atoms with Gasteiger partial charge in [-0.2, -0.15) is 0 Å². The number of fused-ring (bicyclic) bond motifs is 1. The quantitative estimate of drug-likeness (QED) is 0.830. The van der Waals surface area contributed by atoms with Gasteiger partial charge in [0.2, 0.25) is 5.91 Å². The fourth-order valence-electron chi connectivity index (χ4n) is 4.16. The molecule has 0 atom stereocenters. The molecule has 1 aromatic heterocycles. The number of nitrogens with zero attached hydrogens (tertiary/aromatic N) is 5. The standard InChI is InChI=1S/C20H26FN5O/c1-15(27)25-11-8-19-22-23-20(26(19)13-12-25)17-6-9-24(10-7-17)14-16-2-4-18(21)5-3-16/h2-5,17H,6-14H2,1H3. The number of hydrogen-bond donors (Lipinski definition) is 0. The number of rotatable bonds is 3. The van der Waals surface area contributed by atoms with Gasteiger partial charge in [0.25, 0.3) is 0 Å². The molecule has 6 nitrogen and oxygen atoms in total. The van der Waals surface area contributed by atoms with E-state index in [-0.39, 0.29) is 11.7 Å². The summed E-state index contributed by atoms with van der Waals surface area (Å²) in [6.45, 7) is 6.74. The molecule has 144 valence electrons. The van der Waals surface area contributed by atoms with Crippen molar-refractivity contribution in [2.24, 2.45) is 0 Å². The van der Waals surface area contributed by atoms with Gasteiger partial charge >= 0.3 is 0 Å². The predicted molar refractivity (Wildman–Crippen MR) is 99.6 cm³/mol. The number of likely N-dealkylation sites (tertiary alicyclic amines) is 1. The van der Waals surface area contributed by atoms with Gasteiger partial charge in [0.1, 0.15) is 17.5 Å². The molecule has 0 saturated carbocycles. The predicted octanol–water partition coefficient (Wildman–Crippen LogP) is 2.20. The maximum Gasteiger partial charge on any atom is 0.219 e. The van der Waals surface area contributed by atoms with E-state index in [1.54, 1.807) is 6.92 Å². The summed E-state index contributed by atoms with van der Waals surface area (Å²) >= 11 is 0. The normalized spacial score (nSPS) is 19.0. The average Bonchev–Trinajstić information content (AvgIpc) is 2.95. The molecule has 1 saturated heterocycles. The van der Waals surface area contributed by atoms with E-state index < -0.39 is 0 Å². The number of aromatic nitrogens is 3. The van der Waals surface area contributed by atoms with E-state index in [0.29, 0.717) is 5.92 Å². The lowest BCUT2D eigenvalue weighted by Crippen LogP contribution is -2.34. The average molecular weight is 371 g/mol. The van der Waals surface area contributed by atoms with Crippen molar-refractivity contribution in [2.75, 3.05) is 26.2 Å². The Kier molecular flexibility index (Phi) is 5.20. The molecule has 1 aromatic carbocycles. The van der Waals surface area contributed by atoms with E-state index in [1.807, 2.05) is 17.0 Å². The van der Waals surface area contributed by atoms with E-state index in [1.165, 1.54) is 12.1 Å². The molecule has 1 fully saturated rings. The van der Waals surface area contributed by atoms with Crippen LogP contribution in [0.2, 0.25) is 0 Å². The van der Waals surface area contributed by atoms with Crippen LogP contribution in [0.3, 0.4) is 0 Å². The first-order chi connectivity index (χ1) is 13.1. The summed E-state index contributed by atoms with van der Waals surface area (Å²) in [4.78, 5) is 16.0. The Morgan fingerprint density at radius 2 is 1.81 bits per heavy atom. The summed E-state index contributed by atoms with van der Waals surface area (Å²) in [5.74, 6) is 2.44. The van der Waals surface area contributed by atoms with E-state index >= 15 is 0 Å². The van der Waals surface area contributed by atoms with E-state index in [9.17, 15) is 9.18 Å². The molecule has 4 rings (SSSR count). The zero-order valence-corrected chi connectivity index (χ0v) is 15.8. The zero-order chi connectivity index (χ0) is 18.8. The number of halogens is 1. The van der Waals surface area contributed by atoms with Crippen LogP contribution >= 0.6 is 0 Å². The first kappa shape index (κ1) is 18.1. The number of piperidine rings is 1. The Hall–Kier alpha value is -2.28. The summed E-state index contributed by atoms with van der Waals surface area (Å²) in [5, 5.41) is 8.91. The number of carbonyl (C=O) groups excluding carboxylic acids is 1. The minimum Gasteiger partial charge on any atom is -0.341 e. The highest BCUT2D eigenvalue weighted by molar-refractivity contribution is 5.73. The van der Waals surface area contributed by atoms with Gasteiger partial charge in [0, 0.05) is 45.4 Å². The lowest BCUT2D eigenvalue weighted by atomic mass is 9.95. The minimum absolute atomic E-state index is 0.129. The van der Waals surface area contributed by atoms with Crippen LogP contribution in [0, 0.1) is 5.82 Å². The monoisotopic (exact) mass is 371 g/mol.